The maximum atomic E-state index is 12.4. The van der Waals surface area contributed by atoms with Gasteiger partial charge in [-0.3, -0.25) is 19.3 Å². The second-order valence-electron chi connectivity index (χ2n) is 6.45. The number of amides is 2. The third-order valence-electron chi connectivity index (χ3n) is 4.41. The van der Waals surface area contributed by atoms with E-state index in [0.717, 1.165) is 0 Å². The summed E-state index contributed by atoms with van der Waals surface area (Å²) in [5, 5.41) is 4.68. The van der Waals surface area contributed by atoms with Gasteiger partial charge in [0.2, 0.25) is 5.91 Å². The van der Waals surface area contributed by atoms with Crippen molar-refractivity contribution in [2.24, 2.45) is 5.92 Å². The van der Waals surface area contributed by atoms with E-state index in [1.807, 2.05) is 0 Å². The fraction of sp³-hybridized carbons (Fsp3) is 0.167. The predicted octanol–water partition coefficient (Wildman–Crippen LogP) is 1.44. The van der Waals surface area contributed by atoms with Gasteiger partial charge in [-0.25, -0.2) is 18.4 Å². The molecule has 3 aromatic rings. The number of carbonyl (C=O) groups is 2. The Morgan fingerprint density at radius 3 is 2.47 bits per heavy atom. The van der Waals surface area contributed by atoms with Crippen LogP contribution in [-0.4, -0.2) is 53.2 Å². The van der Waals surface area contributed by atoms with Crippen LogP contribution in [0.1, 0.15) is 10.5 Å². The molecule has 1 aliphatic heterocycles. The molecule has 12 heteroatoms. The van der Waals surface area contributed by atoms with Crippen LogP contribution in [0.3, 0.4) is 0 Å². The zero-order chi connectivity index (χ0) is 21.1. The summed E-state index contributed by atoms with van der Waals surface area (Å²) in [6.45, 7) is 0.566. The Morgan fingerprint density at radius 1 is 1.07 bits per heavy atom. The second kappa shape index (κ2) is 8.16. The number of aromatic nitrogens is 3. The molecule has 0 unspecified atom stereocenters. The van der Waals surface area contributed by atoms with Gasteiger partial charge in [0.25, 0.3) is 15.9 Å². The van der Waals surface area contributed by atoms with E-state index >= 15 is 0 Å². The molecule has 1 aliphatic rings. The highest BCUT2D eigenvalue weighted by molar-refractivity contribution is 7.93. The summed E-state index contributed by atoms with van der Waals surface area (Å²) >= 11 is 1.18. The average Bonchev–Trinajstić information content (AvgIpc) is 3.20. The zero-order valence-electron chi connectivity index (χ0n) is 15.4. The summed E-state index contributed by atoms with van der Waals surface area (Å²) in [7, 11) is -3.75. The summed E-state index contributed by atoms with van der Waals surface area (Å²) in [5.74, 6) is -0.857. The Balaban J connectivity index is 1.32. The number of likely N-dealkylation sites (tertiary alicyclic amines) is 1. The van der Waals surface area contributed by atoms with Gasteiger partial charge < -0.3 is 10.2 Å². The number of anilines is 2. The number of hydrogen-bond donors (Lipinski definition) is 2. The first kappa shape index (κ1) is 19.9. The largest absolute Gasteiger partial charge is 0.336 e. The van der Waals surface area contributed by atoms with Crippen LogP contribution >= 0.6 is 11.3 Å². The SMILES string of the molecule is O=C(Nc1ccc(S(=O)(=O)Nc2nccs2)cc1)C1CN(C(=O)c2cnccn2)C1. The van der Waals surface area contributed by atoms with E-state index < -0.39 is 10.0 Å². The van der Waals surface area contributed by atoms with E-state index in [0.29, 0.717) is 5.69 Å². The number of benzene rings is 1. The fourth-order valence-corrected chi connectivity index (χ4v) is 4.58. The lowest BCUT2D eigenvalue weighted by molar-refractivity contribution is -0.123. The molecule has 2 N–H and O–H groups in total. The van der Waals surface area contributed by atoms with Crippen molar-refractivity contribution >= 4 is 44.0 Å². The summed E-state index contributed by atoms with van der Waals surface area (Å²) in [4.78, 5) is 37.9. The van der Waals surface area contributed by atoms with Gasteiger partial charge in [0.05, 0.1) is 17.0 Å². The molecule has 2 amide bonds. The molecule has 2 aromatic heterocycles. The van der Waals surface area contributed by atoms with Crippen molar-refractivity contribution in [3.8, 4) is 0 Å². The van der Waals surface area contributed by atoms with Gasteiger partial charge in [0.1, 0.15) is 5.69 Å². The number of carbonyl (C=O) groups excluding carboxylic acids is 2. The third kappa shape index (κ3) is 4.28. The molecule has 3 heterocycles. The first-order chi connectivity index (χ1) is 14.4. The number of nitrogens with zero attached hydrogens (tertiary/aromatic N) is 4. The number of hydrogen-bond acceptors (Lipinski definition) is 8. The average molecular weight is 444 g/mol. The van der Waals surface area contributed by atoms with E-state index in [4.69, 9.17) is 0 Å². The zero-order valence-corrected chi connectivity index (χ0v) is 17.1. The summed E-state index contributed by atoms with van der Waals surface area (Å²) in [6.07, 6.45) is 5.81. The minimum atomic E-state index is -3.75. The van der Waals surface area contributed by atoms with Crippen molar-refractivity contribution in [2.75, 3.05) is 23.1 Å². The molecule has 0 spiro atoms. The van der Waals surface area contributed by atoms with Crippen LogP contribution in [0.5, 0.6) is 0 Å². The Labute approximate surface area is 176 Å². The molecule has 10 nitrogen and oxygen atoms in total. The van der Waals surface area contributed by atoms with Gasteiger partial charge in [-0.15, -0.1) is 11.3 Å². The van der Waals surface area contributed by atoms with E-state index in [1.165, 1.54) is 65.3 Å². The molecule has 4 rings (SSSR count). The summed E-state index contributed by atoms with van der Waals surface area (Å²) < 4.78 is 27.1. The van der Waals surface area contributed by atoms with Crippen LogP contribution in [0.25, 0.3) is 0 Å². The van der Waals surface area contributed by atoms with Gasteiger partial charge >= 0.3 is 0 Å². The molecule has 0 aliphatic carbocycles. The van der Waals surface area contributed by atoms with Crippen LogP contribution in [0.15, 0.2) is 59.3 Å². The Bertz CT molecular complexity index is 1150. The van der Waals surface area contributed by atoms with Crippen LogP contribution in [0.2, 0.25) is 0 Å². The minimum Gasteiger partial charge on any atom is -0.336 e. The normalized spacial score (nSPS) is 14.1. The van der Waals surface area contributed by atoms with Crippen molar-refractivity contribution in [1.82, 2.24) is 19.9 Å². The van der Waals surface area contributed by atoms with Gasteiger partial charge in [0.15, 0.2) is 5.13 Å². The van der Waals surface area contributed by atoms with E-state index in [1.54, 1.807) is 5.38 Å². The standard InChI is InChI=1S/C18H16N6O4S2/c25-16(12-10-24(11-12)17(26)15-9-19-5-6-20-15)22-13-1-3-14(4-2-13)30(27,28)23-18-21-7-8-29-18/h1-9,12H,10-11H2,(H,21,23)(H,22,25). The molecule has 1 aromatic carbocycles. The van der Waals surface area contributed by atoms with Crippen LogP contribution < -0.4 is 10.0 Å². The van der Waals surface area contributed by atoms with Crippen LogP contribution in [0, 0.1) is 5.92 Å². The van der Waals surface area contributed by atoms with Crippen molar-refractivity contribution in [1.29, 1.82) is 0 Å². The van der Waals surface area contributed by atoms with Gasteiger partial charge in [-0.05, 0) is 24.3 Å². The monoisotopic (exact) mass is 444 g/mol. The van der Waals surface area contributed by atoms with Crippen molar-refractivity contribution in [3.05, 3.63) is 60.1 Å². The highest BCUT2D eigenvalue weighted by atomic mass is 32.2. The fourth-order valence-electron chi connectivity index (χ4n) is 2.79. The number of thiazole rings is 1. The van der Waals surface area contributed by atoms with Crippen molar-refractivity contribution < 1.29 is 18.0 Å². The maximum absolute atomic E-state index is 12.4. The smallest absolute Gasteiger partial charge is 0.274 e. The van der Waals surface area contributed by atoms with Gasteiger partial charge in [-0.1, -0.05) is 0 Å². The minimum absolute atomic E-state index is 0.0556. The van der Waals surface area contributed by atoms with Crippen LogP contribution in [-0.2, 0) is 14.8 Å². The first-order valence-electron chi connectivity index (χ1n) is 8.81. The number of sulfonamides is 1. The highest BCUT2D eigenvalue weighted by Gasteiger charge is 2.36. The second-order valence-corrected chi connectivity index (χ2v) is 9.03. The summed E-state index contributed by atoms with van der Waals surface area (Å²) in [6, 6.07) is 5.82. The lowest BCUT2D eigenvalue weighted by atomic mass is 9.98. The van der Waals surface area contributed by atoms with E-state index in [9.17, 15) is 18.0 Å². The Hall–Kier alpha value is -3.38. The van der Waals surface area contributed by atoms with Gasteiger partial charge in [0, 0.05) is 42.7 Å². The van der Waals surface area contributed by atoms with Crippen LogP contribution in [0.4, 0.5) is 10.8 Å². The highest BCUT2D eigenvalue weighted by Crippen LogP contribution is 2.22. The number of rotatable bonds is 6. The molecule has 0 radical (unpaired) electrons. The Kier molecular flexibility index (Phi) is 5.42. The van der Waals surface area contributed by atoms with Crippen molar-refractivity contribution in [3.63, 3.8) is 0 Å². The summed E-state index contributed by atoms with van der Waals surface area (Å²) in [5.41, 5.74) is 0.700. The molecule has 30 heavy (non-hydrogen) atoms. The van der Waals surface area contributed by atoms with Gasteiger partial charge in [-0.2, -0.15) is 0 Å². The number of nitrogens with one attached hydrogen (secondary N) is 2. The quantitative estimate of drug-likeness (QED) is 0.587. The molecule has 1 saturated heterocycles. The lowest BCUT2D eigenvalue weighted by Gasteiger charge is -2.37. The van der Waals surface area contributed by atoms with Crippen molar-refractivity contribution in [2.45, 2.75) is 4.90 Å². The third-order valence-corrected chi connectivity index (χ3v) is 6.58. The molecule has 0 bridgehead atoms. The Morgan fingerprint density at radius 2 is 1.83 bits per heavy atom. The molecular weight excluding hydrogens is 428 g/mol. The first-order valence-corrected chi connectivity index (χ1v) is 11.2. The molecular formula is C18H16N6O4S2. The predicted molar refractivity (Wildman–Crippen MR) is 109 cm³/mol. The molecule has 0 atom stereocenters. The molecule has 154 valence electrons. The topological polar surface area (TPSA) is 134 Å². The molecule has 1 fully saturated rings. The lowest BCUT2D eigenvalue weighted by Crippen LogP contribution is -2.54. The van der Waals surface area contributed by atoms with E-state index in [2.05, 4.69) is 25.0 Å². The van der Waals surface area contributed by atoms with E-state index in [-0.39, 0.29) is 46.5 Å². The maximum Gasteiger partial charge on any atom is 0.274 e. The molecule has 0 saturated carbocycles.